The Balaban J connectivity index is 1.56. The summed E-state index contributed by atoms with van der Waals surface area (Å²) in [4.78, 5) is 32.6. The second-order valence-electron chi connectivity index (χ2n) is 7.87. The number of imidazole rings is 1. The summed E-state index contributed by atoms with van der Waals surface area (Å²) in [5.41, 5.74) is 3.23. The molecule has 0 spiro atoms. The Kier molecular flexibility index (Phi) is 7.17. The number of anilines is 2. The van der Waals surface area contributed by atoms with Crippen LogP contribution in [0.2, 0.25) is 0 Å². The van der Waals surface area contributed by atoms with Crippen LogP contribution in [0.5, 0.6) is 0 Å². The van der Waals surface area contributed by atoms with Gasteiger partial charge in [0.15, 0.2) is 5.65 Å². The van der Waals surface area contributed by atoms with Gasteiger partial charge < -0.3 is 15.2 Å². The monoisotopic (exact) mass is 407 g/mol. The third kappa shape index (κ3) is 5.89. The summed E-state index contributed by atoms with van der Waals surface area (Å²) in [5, 5.41) is 5.60. The fraction of sp³-hybridized carbons (Fsp3) is 0.391. The van der Waals surface area contributed by atoms with Crippen LogP contribution in [0.4, 0.5) is 11.4 Å². The molecule has 3 aromatic rings. The molecule has 2 heterocycles. The molecule has 0 atom stereocenters. The van der Waals surface area contributed by atoms with Crippen LogP contribution in [0.15, 0.2) is 42.6 Å². The molecule has 3 rings (SSSR count). The number of nitrogens with one attached hydrogen (secondary N) is 2. The van der Waals surface area contributed by atoms with Gasteiger partial charge in [0.05, 0.1) is 0 Å². The SMILES string of the molecule is CC(=O)Nc1ccc(NC(=O)CCCc2nc3cccnc3n2CCC(C)C)cc1. The molecule has 7 nitrogen and oxygen atoms in total. The fourth-order valence-corrected chi connectivity index (χ4v) is 3.29. The summed E-state index contributed by atoms with van der Waals surface area (Å²) in [6.07, 6.45) is 4.70. The Morgan fingerprint density at radius 3 is 2.43 bits per heavy atom. The van der Waals surface area contributed by atoms with Crippen LogP contribution in [0, 0.1) is 5.92 Å². The highest BCUT2D eigenvalue weighted by Crippen LogP contribution is 2.18. The third-order valence-corrected chi connectivity index (χ3v) is 4.81. The van der Waals surface area contributed by atoms with Crippen LogP contribution in [0.3, 0.4) is 0 Å². The Morgan fingerprint density at radius 2 is 1.77 bits per heavy atom. The van der Waals surface area contributed by atoms with Crippen molar-refractivity contribution in [3.05, 3.63) is 48.4 Å². The smallest absolute Gasteiger partial charge is 0.224 e. The number of aryl methyl sites for hydroxylation is 2. The van der Waals surface area contributed by atoms with Gasteiger partial charge >= 0.3 is 0 Å². The van der Waals surface area contributed by atoms with Crippen molar-refractivity contribution < 1.29 is 9.59 Å². The van der Waals surface area contributed by atoms with E-state index < -0.39 is 0 Å². The predicted octanol–water partition coefficient (Wildman–Crippen LogP) is 4.40. The highest BCUT2D eigenvalue weighted by molar-refractivity contribution is 5.92. The number of fused-ring (bicyclic) bond motifs is 1. The van der Waals surface area contributed by atoms with Gasteiger partial charge in [0.1, 0.15) is 11.3 Å². The largest absolute Gasteiger partial charge is 0.326 e. The standard InChI is InChI=1S/C23H29N5O2/c1-16(2)13-15-28-21(27-20-6-5-14-24-23(20)28)7-4-8-22(30)26-19-11-9-18(10-12-19)25-17(3)29/h5-6,9-12,14,16H,4,7-8,13,15H2,1-3H3,(H,25,29)(H,26,30). The van der Waals surface area contributed by atoms with Crippen LogP contribution in [-0.2, 0) is 22.6 Å². The minimum absolute atomic E-state index is 0.0368. The average molecular weight is 408 g/mol. The van der Waals surface area contributed by atoms with E-state index in [2.05, 4.69) is 34.0 Å². The number of rotatable bonds is 9. The maximum absolute atomic E-state index is 12.3. The van der Waals surface area contributed by atoms with Gasteiger partial charge in [-0.25, -0.2) is 9.97 Å². The van der Waals surface area contributed by atoms with Crippen molar-refractivity contribution >= 4 is 34.4 Å². The summed E-state index contributed by atoms with van der Waals surface area (Å²) >= 11 is 0. The normalized spacial score (nSPS) is 11.1. The minimum Gasteiger partial charge on any atom is -0.326 e. The average Bonchev–Trinajstić information content (AvgIpc) is 3.05. The zero-order valence-electron chi connectivity index (χ0n) is 17.8. The number of benzene rings is 1. The zero-order valence-corrected chi connectivity index (χ0v) is 17.8. The van der Waals surface area contributed by atoms with E-state index in [1.165, 1.54) is 6.92 Å². The van der Waals surface area contributed by atoms with Crippen molar-refractivity contribution in [3.8, 4) is 0 Å². The van der Waals surface area contributed by atoms with Crippen LogP contribution in [0.25, 0.3) is 11.2 Å². The molecule has 0 aliphatic carbocycles. The molecule has 158 valence electrons. The molecule has 0 saturated carbocycles. The molecule has 0 unspecified atom stereocenters. The maximum atomic E-state index is 12.3. The van der Waals surface area contributed by atoms with Crippen LogP contribution in [-0.4, -0.2) is 26.3 Å². The van der Waals surface area contributed by atoms with Crippen molar-refractivity contribution in [1.82, 2.24) is 14.5 Å². The summed E-state index contributed by atoms with van der Waals surface area (Å²) in [6, 6.07) is 11.0. The van der Waals surface area contributed by atoms with Gasteiger partial charge in [-0.15, -0.1) is 0 Å². The van der Waals surface area contributed by atoms with Gasteiger partial charge in [0.2, 0.25) is 11.8 Å². The Morgan fingerprint density at radius 1 is 1.07 bits per heavy atom. The summed E-state index contributed by atoms with van der Waals surface area (Å²) < 4.78 is 2.19. The van der Waals surface area contributed by atoms with E-state index >= 15 is 0 Å². The van der Waals surface area contributed by atoms with Crippen LogP contribution >= 0.6 is 0 Å². The van der Waals surface area contributed by atoms with E-state index in [1.54, 1.807) is 30.5 Å². The number of hydrogen-bond donors (Lipinski definition) is 2. The lowest BCUT2D eigenvalue weighted by atomic mass is 10.1. The Labute approximate surface area is 176 Å². The highest BCUT2D eigenvalue weighted by atomic mass is 16.2. The topological polar surface area (TPSA) is 88.9 Å². The lowest BCUT2D eigenvalue weighted by Crippen LogP contribution is -2.13. The lowest BCUT2D eigenvalue weighted by Gasteiger charge is -2.10. The lowest BCUT2D eigenvalue weighted by molar-refractivity contribution is -0.116. The number of carbonyl (C=O) groups is 2. The molecule has 30 heavy (non-hydrogen) atoms. The van der Waals surface area contributed by atoms with Crippen molar-refractivity contribution in [3.63, 3.8) is 0 Å². The molecule has 1 aromatic carbocycles. The van der Waals surface area contributed by atoms with Crippen LogP contribution < -0.4 is 10.6 Å². The quantitative estimate of drug-likeness (QED) is 0.550. The molecule has 0 aliphatic rings. The summed E-state index contributed by atoms with van der Waals surface area (Å²) in [7, 11) is 0. The van der Waals surface area contributed by atoms with Gasteiger partial charge in [-0.2, -0.15) is 0 Å². The minimum atomic E-state index is -0.124. The molecule has 2 amide bonds. The molecule has 2 N–H and O–H groups in total. The molecular weight excluding hydrogens is 378 g/mol. The van der Waals surface area contributed by atoms with Crippen molar-refractivity contribution in [2.45, 2.75) is 53.0 Å². The molecule has 0 fully saturated rings. The predicted molar refractivity (Wildman–Crippen MR) is 119 cm³/mol. The number of amides is 2. The van der Waals surface area contributed by atoms with Crippen molar-refractivity contribution in [2.75, 3.05) is 10.6 Å². The Bertz CT molecular complexity index is 1010. The summed E-state index contributed by atoms with van der Waals surface area (Å²) in [6.45, 7) is 6.76. The maximum Gasteiger partial charge on any atom is 0.224 e. The highest BCUT2D eigenvalue weighted by Gasteiger charge is 2.13. The molecule has 0 bridgehead atoms. The first-order chi connectivity index (χ1) is 14.4. The van der Waals surface area contributed by atoms with E-state index in [-0.39, 0.29) is 11.8 Å². The van der Waals surface area contributed by atoms with E-state index in [0.29, 0.717) is 30.1 Å². The molecule has 7 heteroatoms. The molecular formula is C23H29N5O2. The Hall–Kier alpha value is -3.22. The van der Waals surface area contributed by atoms with Crippen LogP contribution in [0.1, 0.15) is 45.9 Å². The van der Waals surface area contributed by atoms with E-state index in [9.17, 15) is 9.59 Å². The fourth-order valence-electron chi connectivity index (χ4n) is 3.29. The number of hydrogen-bond acceptors (Lipinski definition) is 4. The molecule has 0 aliphatic heterocycles. The first kappa shape index (κ1) is 21.5. The van der Waals surface area contributed by atoms with Gasteiger partial charge in [-0.05, 0) is 55.2 Å². The molecule has 0 saturated heterocycles. The van der Waals surface area contributed by atoms with E-state index in [0.717, 1.165) is 36.4 Å². The first-order valence-corrected chi connectivity index (χ1v) is 10.4. The number of pyridine rings is 1. The molecule has 2 aromatic heterocycles. The number of aromatic nitrogens is 3. The van der Waals surface area contributed by atoms with E-state index in [1.807, 2.05) is 12.1 Å². The third-order valence-electron chi connectivity index (χ3n) is 4.81. The van der Waals surface area contributed by atoms with Gasteiger partial charge in [-0.3, -0.25) is 9.59 Å². The first-order valence-electron chi connectivity index (χ1n) is 10.4. The van der Waals surface area contributed by atoms with Crippen molar-refractivity contribution in [2.24, 2.45) is 5.92 Å². The second kappa shape index (κ2) is 10.0. The summed E-state index contributed by atoms with van der Waals surface area (Å²) in [5.74, 6) is 1.42. The van der Waals surface area contributed by atoms with E-state index in [4.69, 9.17) is 4.98 Å². The van der Waals surface area contributed by atoms with Crippen molar-refractivity contribution in [1.29, 1.82) is 0 Å². The van der Waals surface area contributed by atoms with Gasteiger partial charge in [0, 0.05) is 43.9 Å². The van der Waals surface area contributed by atoms with Gasteiger partial charge in [0.25, 0.3) is 0 Å². The van der Waals surface area contributed by atoms with Gasteiger partial charge in [-0.1, -0.05) is 13.8 Å². The second-order valence-corrected chi connectivity index (χ2v) is 7.87. The number of carbonyl (C=O) groups excluding carboxylic acids is 2. The number of nitrogens with zero attached hydrogens (tertiary/aromatic N) is 3. The molecule has 0 radical (unpaired) electrons. The zero-order chi connectivity index (χ0) is 21.5.